The molecule has 1 aromatic rings. The molecule has 0 amide bonds. The number of hydrogen-bond donors (Lipinski definition) is 2. The van der Waals surface area contributed by atoms with Crippen LogP contribution in [0.15, 0.2) is 6.07 Å². The molecule has 0 aromatic carbocycles. The number of unbranched alkanes of at least 4 members (excludes halogenated alkanes) is 2. The quantitative estimate of drug-likeness (QED) is 0.565. The summed E-state index contributed by atoms with van der Waals surface area (Å²) in [6.45, 7) is 10.3. The first-order valence-corrected chi connectivity index (χ1v) is 7.58. The average molecular weight is 276 g/mol. The number of pyridine rings is 1. The van der Waals surface area contributed by atoms with Crippen LogP contribution in [0.25, 0.3) is 0 Å². The highest BCUT2D eigenvalue weighted by Gasteiger charge is 2.17. The predicted octanol–water partition coefficient (Wildman–Crippen LogP) is 3.39. The van der Waals surface area contributed by atoms with E-state index in [1.54, 1.807) is 0 Å². The number of nitrogens with two attached hydrogens (primary N) is 1. The van der Waals surface area contributed by atoms with Crippen LogP contribution in [-0.4, -0.2) is 23.9 Å². The summed E-state index contributed by atoms with van der Waals surface area (Å²) in [5.74, 6) is 1.000. The zero-order valence-corrected chi connectivity index (χ0v) is 13.3. The lowest BCUT2D eigenvalue weighted by molar-refractivity contribution is 0.669. The molecule has 0 radical (unpaired) electrons. The summed E-state index contributed by atoms with van der Waals surface area (Å²) in [5.41, 5.74) is 8.60. The van der Waals surface area contributed by atoms with Crippen LogP contribution < -0.4 is 10.6 Å². The van der Waals surface area contributed by atoms with E-state index in [1.807, 2.05) is 19.9 Å². The van der Waals surface area contributed by atoms with Gasteiger partial charge in [-0.15, -0.1) is 0 Å². The first kappa shape index (κ1) is 16.5. The van der Waals surface area contributed by atoms with Gasteiger partial charge >= 0.3 is 0 Å². The molecule has 1 rings (SSSR count). The molecule has 0 saturated carbocycles. The number of aryl methyl sites for hydroxylation is 2. The predicted molar refractivity (Wildman–Crippen MR) is 86.8 cm³/mol. The highest BCUT2D eigenvalue weighted by molar-refractivity contribution is 6.01. The fraction of sp³-hybridized carbons (Fsp3) is 0.625. The first-order chi connectivity index (χ1) is 9.51. The first-order valence-electron chi connectivity index (χ1n) is 7.58. The molecule has 20 heavy (non-hydrogen) atoms. The van der Waals surface area contributed by atoms with Crippen LogP contribution in [0.4, 0.5) is 5.82 Å². The van der Waals surface area contributed by atoms with Crippen LogP contribution >= 0.6 is 0 Å². The maximum atomic E-state index is 7.85. The minimum absolute atomic E-state index is 0.114. The largest absolute Gasteiger partial charge is 0.384 e. The summed E-state index contributed by atoms with van der Waals surface area (Å²) < 4.78 is 0. The molecule has 4 nitrogen and oxygen atoms in total. The Morgan fingerprint density at radius 2 is 1.75 bits per heavy atom. The summed E-state index contributed by atoms with van der Waals surface area (Å²) >= 11 is 0. The van der Waals surface area contributed by atoms with E-state index in [0.29, 0.717) is 0 Å². The molecule has 0 aliphatic heterocycles. The van der Waals surface area contributed by atoms with E-state index in [4.69, 9.17) is 11.1 Å². The van der Waals surface area contributed by atoms with Gasteiger partial charge in [0.2, 0.25) is 0 Å². The maximum absolute atomic E-state index is 7.85. The number of nitrogen functional groups attached to an aromatic ring is 1. The summed E-state index contributed by atoms with van der Waals surface area (Å²) in [4.78, 5) is 6.96. The third-order valence-electron chi connectivity index (χ3n) is 3.46. The number of rotatable bonds is 8. The van der Waals surface area contributed by atoms with Crippen molar-refractivity contribution in [2.24, 2.45) is 5.73 Å². The highest BCUT2D eigenvalue weighted by atomic mass is 15.2. The molecule has 0 saturated heterocycles. The fourth-order valence-electron chi connectivity index (χ4n) is 2.40. The minimum atomic E-state index is 0.114. The molecule has 1 heterocycles. The standard InChI is InChI=1S/C16H28N4/c1-5-7-9-20(10-8-6-2)16-14(15(17)18)12(3)11-13(4)19-16/h11H,5-10H2,1-4H3,(H3,17,18). The molecular weight excluding hydrogens is 248 g/mol. The van der Waals surface area contributed by atoms with Crippen molar-refractivity contribution >= 4 is 11.7 Å². The van der Waals surface area contributed by atoms with Gasteiger partial charge in [-0.1, -0.05) is 26.7 Å². The fourth-order valence-corrected chi connectivity index (χ4v) is 2.40. The molecule has 0 unspecified atom stereocenters. The molecule has 4 heteroatoms. The summed E-state index contributed by atoms with van der Waals surface area (Å²) in [6.07, 6.45) is 4.58. The van der Waals surface area contributed by atoms with Crippen LogP contribution in [-0.2, 0) is 0 Å². The van der Waals surface area contributed by atoms with Crippen LogP contribution in [0, 0.1) is 19.3 Å². The second-order valence-corrected chi connectivity index (χ2v) is 5.39. The van der Waals surface area contributed by atoms with Gasteiger partial charge in [0.05, 0.1) is 5.56 Å². The lowest BCUT2D eigenvalue weighted by Gasteiger charge is -2.27. The van der Waals surface area contributed by atoms with E-state index < -0.39 is 0 Å². The van der Waals surface area contributed by atoms with E-state index in [-0.39, 0.29) is 5.84 Å². The van der Waals surface area contributed by atoms with E-state index in [2.05, 4.69) is 23.7 Å². The van der Waals surface area contributed by atoms with Crippen LogP contribution in [0.2, 0.25) is 0 Å². The average Bonchev–Trinajstić information content (AvgIpc) is 2.37. The summed E-state index contributed by atoms with van der Waals surface area (Å²) in [5, 5.41) is 7.85. The Balaban J connectivity index is 3.18. The van der Waals surface area contributed by atoms with E-state index in [0.717, 1.165) is 61.4 Å². The van der Waals surface area contributed by atoms with Gasteiger partial charge in [-0.05, 0) is 38.3 Å². The molecule has 0 spiro atoms. The van der Waals surface area contributed by atoms with Gasteiger partial charge in [-0.3, -0.25) is 5.41 Å². The molecule has 0 aliphatic rings. The normalized spacial score (nSPS) is 10.6. The van der Waals surface area contributed by atoms with Gasteiger partial charge in [-0.25, -0.2) is 4.98 Å². The van der Waals surface area contributed by atoms with E-state index in [1.165, 1.54) is 0 Å². The van der Waals surface area contributed by atoms with Gasteiger partial charge < -0.3 is 10.6 Å². The molecule has 112 valence electrons. The monoisotopic (exact) mass is 276 g/mol. The molecule has 1 aromatic heterocycles. The Labute approximate surface area is 122 Å². The van der Waals surface area contributed by atoms with Crippen molar-refractivity contribution in [3.8, 4) is 0 Å². The Bertz CT molecular complexity index is 446. The van der Waals surface area contributed by atoms with Gasteiger partial charge in [0.1, 0.15) is 11.7 Å². The van der Waals surface area contributed by atoms with Crippen molar-refractivity contribution in [3.05, 3.63) is 22.9 Å². The van der Waals surface area contributed by atoms with Crippen LogP contribution in [0.3, 0.4) is 0 Å². The smallest absolute Gasteiger partial charge is 0.140 e. The Kier molecular flexibility index (Phi) is 6.49. The highest BCUT2D eigenvalue weighted by Crippen LogP contribution is 2.23. The Morgan fingerprint density at radius 3 is 2.20 bits per heavy atom. The lowest BCUT2D eigenvalue weighted by Crippen LogP contribution is -2.30. The second-order valence-electron chi connectivity index (χ2n) is 5.39. The van der Waals surface area contributed by atoms with Crippen LogP contribution in [0.1, 0.15) is 56.4 Å². The maximum Gasteiger partial charge on any atom is 0.140 e. The van der Waals surface area contributed by atoms with E-state index in [9.17, 15) is 0 Å². The summed E-state index contributed by atoms with van der Waals surface area (Å²) in [6, 6.07) is 2.00. The molecule has 3 N–H and O–H groups in total. The van der Waals surface area contributed by atoms with Crippen molar-refractivity contribution in [1.29, 1.82) is 5.41 Å². The van der Waals surface area contributed by atoms with E-state index >= 15 is 0 Å². The third kappa shape index (κ3) is 4.22. The zero-order chi connectivity index (χ0) is 15.1. The second kappa shape index (κ2) is 7.88. The number of aromatic nitrogens is 1. The van der Waals surface area contributed by atoms with Crippen molar-refractivity contribution in [3.63, 3.8) is 0 Å². The molecule has 0 bridgehead atoms. The SMILES string of the molecule is CCCCN(CCCC)c1nc(C)cc(C)c1C(=N)N. The van der Waals surface area contributed by atoms with Crippen LogP contribution in [0.5, 0.6) is 0 Å². The van der Waals surface area contributed by atoms with Gasteiger partial charge in [-0.2, -0.15) is 0 Å². The van der Waals surface area contributed by atoms with Crippen molar-refractivity contribution in [2.75, 3.05) is 18.0 Å². The van der Waals surface area contributed by atoms with Crippen molar-refractivity contribution in [1.82, 2.24) is 4.98 Å². The van der Waals surface area contributed by atoms with Crippen molar-refractivity contribution < 1.29 is 0 Å². The summed E-state index contributed by atoms with van der Waals surface area (Å²) in [7, 11) is 0. The van der Waals surface area contributed by atoms with Crippen molar-refractivity contribution in [2.45, 2.75) is 53.4 Å². The number of anilines is 1. The Hall–Kier alpha value is -1.58. The molecule has 0 aliphatic carbocycles. The number of amidine groups is 1. The van der Waals surface area contributed by atoms with Gasteiger partial charge in [0, 0.05) is 18.8 Å². The third-order valence-corrected chi connectivity index (χ3v) is 3.46. The number of hydrogen-bond acceptors (Lipinski definition) is 3. The lowest BCUT2D eigenvalue weighted by atomic mass is 10.1. The molecular formula is C16H28N4. The number of nitrogens with one attached hydrogen (secondary N) is 1. The van der Waals surface area contributed by atoms with Gasteiger partial charge in [0.15, 0.2) is 0 Å². The minimum Gasteiger partial charge on any atom is -0.384 e. The Morgan fingerprint density at radius 1 is 1.20 bits per heavy atom. The number of nitrogens with zero attached hydrogens (tertiary/aromatic N) is 2. The van der Waals surface area contributed by atoms with Gasteiger partial charge in [0.25, 0.3) is 0 Å². The molecule has 0 fully saturated rings. The topological polar surface area (TPSA) is 66.0 Å². The zero-order valence-electron chi connectivity index (χ0n) is 13.3. The molecule has 0 atom stereocenters.